The molecule has 5 N–H and O–H groups in total. The molecule has 104 valence electrons. The summed E-state index contributed by atoms with van der Waals surface area (Å²) < 4.78 is 5.03. The highest BCUT2D eigenvalue weighted by molar-refractivity contribution is 6.03. The first-order chi connectivity index (χ1) is 9.47. The molecule has 20 heavy (non-hydrogen) atoms. The van der Waals surface area contributed by atoms with E-state index < -0.39 is 17.4 Å². The van der Waals surface area contributed by atoms with Gasteiger partial charge in [0.15, 0.2) is 11.5 Å². The minimum absolute atomic E-state index is 0.0707. The standard InChI is InChI=1S/C14H13NO5/c1-20-13-11(7-4-2-3-5-9(7)16)8(14(15)19)6-10(17)12(13)18/h2-6,16-18H,1H3,(H2,15,19). The minimum Gasteiger partial charge on any atom is -0.507 e. The number of carbonyl (C=O) groups is 1. The molecule has 1 amide bonds. The fourth-order valence-electron chi connectivity index (χ4n) is 1.98. The molecule has 2 aromatic rings. The van der Waals surface area contributed by atoms with Crippen LogP contribution >= 0.6 is 0 Å². The van der Waals surface area contributed by atoms with E-state index in [0.717, 1.165) is 6.07 Å². The summed E-state index contributed by atoms with van der Waals surface area (Å²) in [6.45, 7) is 0. The van der Waals surface area contributed by atoms with Crippen LogP contribution < -0.4 is 10.5 Å². The summed E-state index contributed by atoms with van der Waals surface area (Å²) >= 11 is 0. The first-order valence-electron chi connectivity index (χ1n) is 5.68. The molecule has 0 saturated heterocycles. The molecule has 6 nitrogen and oxygen atoms in total. The van der Waals surface area contributed by atoms with E-state index in [2.05, 4.69) is 0 Å². The molecule has 0 unspecified atom stereocenters. The van der Waals surface area contributed by atoms with E-state index in [0.29, 0.717) is 0 Å². The van der Waals surface area contributed by atoms with Crippen LogP contribution in [0.3, 0.4) is 0 Å². The number of methoxy groups -OCH3 is 1. The molecule has 0 saturated carbocycles. The lowest BCUT2D eigenvalue weighted by atomic mass is 9.96. The predicted molar refractivity (Wildman–Crippen MR) is 71.9 cm³/mol. The fourth-order valence-corrected chi connectivity index (χ4v) is 1.98. The van der Waals surface area contributed by atoms with Gasteiger partial charge in [0.1, 0.15) is 5.75 Å². The van der Waals surface area contributed by atoms with E-state index in [1.54, 1.807) is 12.1 Å². The number of amides is 1. The molecule has 0 atom stereocenters. The molecule has 0 spiro atoms. The molecular formula is C14H13NO5. The van der Waals surface area contributed by atoms with Crippen molar-refractivity contribution in [3.8, 4) is 34.1 Å². The second-order valence-corrected chi connectivity index (χ2v) is 4.08. The molecule has 0 aliphatic carbocycles. The Labute approximate surface area is 114 Å². The lowest BCUT2D eigenvalue weighted by molar-refractivity contribution is 0.1000. The van der Waals surface area contributed by atoms with Gasteiger partial charge in [-0.2, -0.15) is 0 Å². The molecule has 0 aromatic heterocycles. The van der Waals surface area contributed by atoms with Gasteiger partial charge in [0.05, 0.1) is 12.7 Å². The number of ether oxygens (including phenoxy) is 1. The third-order valence-electron chi connectivity index (χ3n) is 2.88. The summed E-state index contributed by atoms with van der Waals surface area (Å²) in [5.41, 5.74) is 5.58. The molecule has 2 aromatic carbocycles. The maximum atomic E-state index is 11.5. The Hall–Kier alpha value is -2.89. The molecule has 0 heterocycles. The van der Waals surface area contributed by atoms with Crippen LogP contribution in [0.2, 0.25) is 0 Å². The van der Waals surface area contributed by atoms with Gasteiger partial charge in [-0.15, -0.1) is 0 Å². The number of hydrogen-bond acceptors (Lipinski definition) is 5. The van der Waals surface area contributed by atoms with E-state index in [9.17, 15) is 20.1 Å². The first kappa shape index (κ1) is 13.5. The van der Waals surface area contributed by atoms with Crippen LogP contribution in [0, 0.1) is 0 Å². The zero-order chi connectivity index (χ0) is 14.9. The molecule has 2 rings (SSSR count). The van der Waals surface area contributed by atoms with Crippen molar-refractivity contribution in [2.75, 3.05) is 7.11 Å². The Kier molecular flexibility index (Phi) is 3.39. The van der Waals surface area contributed by atoms with Crippen LogP contribution in [0.4, 0.5) is 0 Å². The Morgan fingerprint density at radius 3 is 2.35 bits per heavy atom. The molecule has 0 fully saturated rings. The molecule has 0 radical (unpaired) electrons. The largest absolute Gasteiger partial charge is 0.507 e. The smallest absolute Gasteiger partial charge is 0.249 e. The van der Waals surface area contributed by atoms with Crippen molar-refractivity contribution in [3.05, 3.63) is 35.9 Å². The lowest BCUT2D eigenvalue weighted by Crippen LogP contribution is -2.13. The zero-order valence-corrected chi connectivity index (χ0v) is 10.6. The van der Waals surface area contributed by atoms with E-state index >= 15 is 0 Å². The molecule has 6 heteroatoms. The highest BCUT2D eigenvalue weighted by Crippen LogP contribution is 2.47. The van der Waals surface area contributed by atoms with Gasteiger partial charge in [-0.1, -0.05) is 18.2 Å². The Morgan fingerprint density at radius 2 is 1.80 bits per heavy atom. The van der Waals surface area contributed by atoms with Crippen molar-refractivity contribution in [2.45, 2.75) is 0 Å². The quantitative estimate of drug-likeness (QED) is 0.635. The van der Waals surface area contributed by atoms with Gasteiger partial charge in [0.2, 0.25) is 11.7 Å². The van der Waals surface area contributed by atoms with Crippen molar-refractivity contribution in [3.63, 3.8) is 0 Å². The van der Waals surface area contributed by atoms with Gasteiger partial charge in [0, 0.05) is 11.1 Å². The average molecular weight is 275 g/mol. The number of primary amides is 1. The highest BCUT2D eigenvalue weighted by atomic mass is 16.5. The lowest BCUT2D eigenvalue weighted by Gasteiger charge is -2.15. The monoisotopic (exact) mass is 275 g/mol. The van der Waals surface area contributed by atoms with E-state index in [-0.39, 0.29) is 28.2 Å². The van der Waals surface area contributed by atoms with Crippen LogP contribution in [0.5, 0.6) is 23.0 Å². The number of phenolic OH excluding ortho intramolecular Hbond substituents is 3. The minimum atomic E-state index is -0.822. The van der Waals surface area contributed by atoms with Crippen molar-refractivity contribution < 1.29 is 24.9 Å². The third kappa shape index (κ3) is 2.07. The number of rotatable bonds is 3. The molecular weight excluding hydrogens is 262 g/mol. The average Bonchev–Trinajstić information content (AvgIpc) is 2.42. The van der Waals surface area contributed by atoms with Gasteiger partial charge in [-0.25, -0.2) is 0 Å². The van der Waals surface area contributed by atoms with Crippen molar-refractivity contribution in [1.82, 2.24) is 0 Å². The number of hydrogen-bond donors (Lipinski definition) is 4. The van der Waals surface area contributed by atoms with Crippen LogP contribution in [0.15, 0.2) is 30.3 Å². The van der Waals surface area contributed by atoms with Crippen molar-refractivity contribution in [2.24, 2.45) is 5.73 Å². The number of carbonyl (C=O) groups excluding carboxylic acids is 1. The van der Waals surface area contributed by atoms with E-state index in [1.807, 2.05) is 0 Å². The Morgan fingerprint density at radius 1 is 1.15 bits per heavy atom. The second kappa shape index (κ2) is 5.00. The summed E-state index contributed by atoms with van der Waals surface area (Å²) in [7, 11) is 1.27. The number of nitrogens with two attached hydrogens (primary N) is 1. The van der Waals surface area contributed by atoms with Crippen LogP contribution in [-0.4, -0.2) is 28.3 Å². The maximum absolute atomic E-state index is 11.5. The molecule has 0 bridgehead atoms. The summed E-state index contributed by atoms with van der Waals surface area (Å²) in [5, 5.41) is 29.3. The summed E-state index contributed by atoms with van der Waals surface area (Å²) in [5.74, 6) is -2.14. The third-order valence-corrected chi connectivity index (χ3v) is 2.88. The Balaban J connectivity index is 2.89. The fraction of sp³-hybridized carbons (Fsp3) is 0.0714. The highest BCUT2D eigenvalue weighted by Gasteiger charge is 2.24. The first-order valence-corrected chi connectivity index (χ1v) is 5.68. The number of para-hydroxylation sites is 1. The maximum Gasteiger partial charge on any atom is 0.249 e. The second-order valence-electron chi connectivity index (χ2n) is 4.08. The van der Waals surface area contributed by atoms with Crippen molar-refractivity contribution >= 4 is 5.91 Å². The Bertz CT molecular complexity index is 682. The van der Waals surface area contributed by atoms with Crippen LogP contribution in [0.25, 0.3) is 11.1 Å². The predicted octanol–water partition coefficient (Wildman–Crippen LogP) is 1.58. The topological polar surface area (TPSA) is 113 Å². The summed E-state index contributed by atoms with van der Waals surface area (Å²) in [6.07, 6.45) is 0. The number of aromatic hydroxyl groups is 3. The molecule has 0 aliphatic heterocycles. The number of benzene rings is 2. The van der Waals surface area contributed by atoms with E-state index in [4.69, 9.17) is 10.5 Å². The summed E-state index contributed by atoms with van der Waals surface area (Å²) in [6, 6.07) is 7.24. The van der Waals surface area contributed by atoms with Gasteiger partial charge in [-0.05, 0) is 12.1 Å². The van der Waals surface area contributed by atoms with Gasteiger partial charge < -0.3 is 25.8 Å². The zero-order valence-electron chi connectivity index (χ0n) is 10.6. The SMILES string of the molecule is COc1c(O)c(O)cc(C(N)=O)c1-c1ccccc1O. The van der Waals surface area contributed by atoms with Crippen LogP contribution in [-0.2, 0) is 0 Å². The normalized spacial score (nSPS) is 10.2. The number of phenols is 3. The van der Waals surface area contributed by atoms with Gasteiger partial charge in [0.25, 0.3) is 0 Å². The van der Waals surface area contributed by atoms with Gasteiger partial charge >= 0.3 is 0 Å². The van der Waals surface area contributed by atoms with E-state index in [1.165, 1.54) is 19.2 Å². The van der Waals surface area contributed by atoms with Crippen molar-refractivity contribution in [1.29, 1.82) is 0 Å². The molecule has 0 aliphatic rings. The van der Waals surface area contributed by atoms with Crippen LogP contribution in [0.1, 0.15) is 10.4 Å². The summed E-state index contributed by atoms with van der Waals surface area (Å²) in [4.78, 5) is 11.5. The van der Waals surface area contributed by atoms with Gasteiger partial charge in [-0.3, -0.25) is 4.79 Å².